The summed E-state index contributed by atoms with van der Waals surface area (Å²) in [6.07, 6.45) is 4.15. The van der Waals surface area contributed by atoms with Crippen molar-refractivity contribution in [2.75, 3.05) is 18.6 Å². The minimum absolute atomic E-state index is 0.134. The molecule has 3 amide bonds. The average molecular weight is 273 g/mol. The van der Waals surface area contributed by atoms with Crippen LogP contribution in [0.4, 0.5) is 4.79 Å². The summed E-state index contributed by atoms with van der Waals surface area (Å²) in [6.45, 7) is 4.26. The zero-order valence-electron chi connectivity index (χ0n) is 11.4. The topological polar surface area (TPSA) is 75.4 Å². The van der Waals surface area contributed by atoms with Gasteiger partial charge in [0.25, 0.3) is 5.91 Å². The summed E-state index contributed by atoms with van der Waals surface area (Å²) in [4.78, 5) is 25.2. The minimum Gasteiger partial charge on any atom is -0.326 e. The molecule has 6 heteroatoms. The molecule has 0 aromatic heterocycles. The molecule has 1 aliphatic heterocycles. The van der Waals surface area contributed by atoms with Gasteiger partial charge >= 0.3 is 6.03 Å². The van der Waals surface area contributed by atoms with Gasteiger partial charge in [0, 0.05) is 12.1 Å². The SMILES string of the molecule is CCC(N)(CC)CN1C(=O)NC(CCSC)C1=O. The highest BCUT2D eigenvalue weighted by atomic mass is 32.2. The van der Waals surface area contributed by atoms with Crippen LogP contribution in [0.5, 0.6) is 0 Å². The third kappa shape index (κ3) is 3.38. The number of rotatable bonds is 7. The van der Waals surface area contributed by atoms with Crippen molar-refractivity contribution in [3.05, 3.63) is 0 Å². The molecule has 1 fully saturated rings. The van der Waals surface area contributed by atoms with Crippen LogP contribution in [0.1, 0.15) is 33.1 Å². The van der Waals surface area contributed by atoms with E-state index in [4.69, 9.17) is 5.73 Å². The van der Waals surface area contributed by atoms with E-state index in [2.05, 4.69) is 5.32 Å². The second kappa shape index (κ2) is 6.43. The first-order chi connectivity index (χ1) is 8.47. The van der Waals surface area contributed by atoms with Crippen LogP contribution < -0.4 is 11.1 Å². The van der Waals surface area contributed by atoms with Gasteiger partial charge in [-0.2, -0.15) is 11.8 Å². The van der Waals surface area contributed by atoms with Gasteiger partial charge in [-0.15, -0.1) is 0 Å². The molecular weight excluding hydrogens is 250 g/mol. The van der Waals surface area contributed by atoms with Gasteiger partial charge in [0.05, 0.1) is 0 Å². The molecule has 0 saturated carbocycles. The van der Waals surface area contributed by atoms with Crippen LogP contribution in [0.2, 0.25) is 0 Å². The molecule has 0 bridgehead atoms. The smallest absolute Gasteiger partial charge is 0.324 e. The van der Waals surface area contributed by atoms with Crippen molar-refractivity contribution < 1.29 is 9.59 Å². The molecule has 1 aliphatic rings. The van der Waals surface area contributed by atoms with Crippen LogP contribution in [0.3, 0.4) is 0 Å². The highest BCUT2D eigenvalue weighted by Gasteiger charge is 2.40. The first kappa shape index (κ1) is 15.3. The van der Waals surface area contributed by atoms with Crippen molar-refractivity contribution in [3.8, 4) is 0 Å². The van der Waals surface area contributed by atoms with Gasteiger partial charge in [-0.05, 0) is 31.3 Å². The number of carbonyl (C=O) groups is 2. The Morgan fingerprint density at radius 3 is 2.50 bits per heavy atom. The number of hydrogen-bond acceptors (Lipinski definition) is 4. The zero-order chi connectivity index (χ0) is 13.8. The highest BCUT2D eigenvalue weighted by molar-refractivity contribution is 7.98. The van der Waals surface area contributed by atoms with E-state index in [1.165, 1.54) is 4.90 Å². The summed E-state index contributed by atoms with van der Waals surface area (Å²) in [5, 5.41) is 2.73. The molecule has 5 nitrogen and oxygen atoms in total. The van der Waals surface area contributed by atoms with E-state index in [9.17, 15) is 9.59 Å². The normalized spacial score (nSPS) is 20.4. The number of nitrogens with zero attached hydrogens (tertiary/aromatic N) is 1. The fourth-order valence-electron chi connectivity index (χ4n) is 1.95. The Labute approximate surface area is 113 Å². The Balaban J connectivity index is 2.67. The number of carbonyl (C=O) groups excluding carboxylic acids is 2. The lowest BCUT2D eigenvalue weighted by Gasteiger charge is -2.30. The number of urea groups is 1. The maximum absolute atomic E-state index is 12.1. The third-order valence-electron chi connectivity index (χ3n) is 3.60. The molecule has 104 valence electrons. The Morgan fingerprint density at radius 2 is 2.00 bits per heavy atom. The van der Waals surface area contributed by atoms with E-state index in [1.807, 2.05) is 20.1 Å². The number of hydrogen-bond donors (Lipinski definition) is 2. The molecule has 1 unspecified atom stereocenters. The summed E-state index contributed by atoms with van der Waals surface area (Å²) in [6, 6.07) is -0.675. The maximum atomic E-state index is 12.1. The highest BCUT2D eigenvalue weighted by Crippen LogP contribution is 2.18. The molecule has 0 radical (unpaired) electrons. The van der Waals surface area contributed by atoms with Gasteiger partial charge in [0.2, 0.25) is 0 Å². The zero-order valence-corrected chi connectivity index (χ0v) is 12.2. The van der Waals surface area contributed by atoms with Crippen LogP contribution >= 0.6 is 11.8 Å². The van der Waals surface area contributed by atoms with Crippen LogP contribution in [-0.2, 0) is 4.79 Å². The summed E-state index contributed by atoms with van der Waals surface area (Å²) in [7, 11) is 0. The van der Waals surface area contributed by atoms with Crippen LogP contribution in [-0.4, -0.2) is 47.0 Å². The molecule has 3 N–H and O–H groups in total. The van der Waals surface area contributed by atoms with Crippen LogP contribution in [0.15, 0.2) is 0 Å². The number of thioether (sulfide) groups is 1. The van der Waals surface area contributed by atoms with E-state index in [0.29, 0.717) is 13.0 Å². The van der Waals surface area contributed by atoms with E-state index >= 15 is 0 Å². The van der Waals surface area contributed by atoms with Gasteiger partial charge in [-0.25, -0.2) is 4.79 Å². The number of amides is 3. The van der Waals surface area contributed by atoms with Gasteiger partial charge < -0.3 is 11.1 Å². The molecule has 18 heavy (non-hydrogen) atoms. The first-order valence-electron chi connectivity index (χ1n) is 6.37. The Kier molecular flexibility index (Phi) is 5.47. The molecule has 0 spiro atoms. The van der Waals surface area contributed by atoms with Crippen molar-refractivity contribution in [2.24, 2.45) is 5.73 Å². The lowest BCUT2D eigenvalue weighted by Crippen LogP contribution is -2.51. The lowest BCUT2D eigenvalue weighted by atomic mass is 9.93. The molecule has 1 rings (SSSR count). The summed E-state index contributed by atoms with van der Waals surface area (Å²) in [5.41, 5.74) is 5.70. The van der Waals surface area contributed by atoms with Crippen molar-refractivity contribution in [2.45, 2.75) is 44.7 Å². The number of nitrogens with one attached hydrogen (secondary N) is 1. The second-order valence-corrected chi connectivity index (χ2v) is 5.76. The Bertz CT molecular complexity index is 318. The van der Waals surface area contributed by atoms with Crippen molar-refractivity contribution >= 4 is 23.7 Å². The summed E-state index contributed by atoms with van der Waals surface area (Å²) < 4.78 is 0. The van der Waals surface area contributed by atoms with E-state index in [0.717, 1.165) is 18.6 Å². The van der Waals surface area contributed by atoms with Gasteiger partial charge in [-0.3, -0.25) is 9.69 Å². The largest absolute Gasteiger partial charge is 0.326 e. The van der Waals surface area contributed by atoms with E-state index < -0.39 is 5.54 Å². The lowest BCUT2D eigenvalue weighted by molar-refractivity contribution is -0.128. The molecule has 0 aromatic carbocycles. The van der Waals surface area contributed by atoms with E-state index in [-0.39, 0.29) is 18.0 Å². The molecule has 1 heterocycles. The fourth-order valence-corrected chi connectivity index (χ4v) is 2.42. The van der Waals surface area contributed by atoms with Crippen molar-refractivity contribution in [1.82, 2.24) is 10.2 Å². The standard InChI is InChI=1S/C12H23N3O2S/c1-4-12(13,5-2)8-15-10(16)9(6-7-18-3)14-11(15)17/h9H,4-8,13H2,1-3H3,(H,14,17). The molecule has 1 atom stereocenters. The van der Waals surface area contributed by atoms with Crippen LogP contribution in [0.25, 0.3) is 0 Å². The monoisotopic (exact) mass is 273 g/mol. The van der Waals surface area contributed by atoms with Gasteiger partial charge in [0.1, 0.15) is 6.04 Å². The Hall–Kier alpha value is -0.750. The molecular formula is C12H23N3O2S. The van der Waals surface area contributed by atoms with Crippen molar-refractivity contribution in [3.63, 3.8) is 0 Å². The molecule has 1 saturated heterocycles. The summed E-state index contributed by atoms with van der Waals surface area (Å²) in [5.74, 6) is 0.727. The van der Waals surface area contributed by atoms with Crippen molar-refractivity contribution in [1.29, 1.82) is 0 Å². The molecule has 0 aromatic rings. The second-order valence-electron chi connectivity index (χ2n) is 4.78. The minimum atomic E-state index is -0.471. The predicted molar refractivity (Wildman–Crippen MR) is 74.5 cm³/mol. The quantitative estimate of drug-likeness (QED) is 0.683. The number of nitrogens with two attached hydrogens (primary N) is 1. The third-order valence-corrected chi connectivity index (χ3v) is 4.24. The molecule has 0 aliphatic carbocycles. The fraction of sp³-hybridized carbons (Fsp3) is 0.833. The Morgan fingerprint density at radius 1 is 1.39 bits per heavy atom. The first-order valence-corrected chi connectivity index (χ1v) is 7.76. The van der Waals surface area contributed by atoms with Crippen LogP contribution in [0, 0.1) is 0 Å². The maximum Gasteiger partial charge on any atom is 0.324 e. The average Bonchev–Trinajstić information content (AvgIpc) is 2.63. The van der Waals surface area contributed by atoms with Gasteiger partial charge in [0.15, 0.2) is 0 Å². The van der Waals surface area contributed by atoms with E-state index in [1.54, 1.807) is 11.8 Å². The summed E-state index contributed by atoms with van der Waals surface area (Å²) >= 11 is 1.67. The predicted octanol–water partition coefficient (Wildman–Crippen LogP) is 1.18. The van der Waals surface area contributed by atoms with Gasteiger partial charge in [-0.1, -0.05) is 13.8 Å². The number of imide groups is 1.